The average Bonchev–Trinajstić information content (AvgIpc) is 3.13. The first-order chi connectivity index (χ1) is 14.8. The number of aryl methyl sites for hydroxylation is 1. The number of thiazole rings is 1. The van der Waals surface area contributed by atoms with Gasteiger partial charge in [0.05, 0.1) is 18.1 Å². The van der Waals surface area contributed by atoms with Gasteiger partial charge in [-0.3, -0.25) is 14.4 Å². The van der Waals surface area contributed by atoms with Gasteiger partial charge in [0.1, 0.15) is 11.9 Å². The molecule has 166 valence electrons. The Labute approximate surface area is 184 Å². The van der Waals surface area contributed by atoms with Crippen LogP contribution in [0.5, 0.6) is 0 Å². The van der Waals surface area contributed by atoms with Crippen LogP contribution in [0.3, 0.4) is 0 Å². The SMILES string of the molecule is CCOC(=O)C1CCN(C(=O)[C@@H](C)n2cc(C)sc2=NC(=O)c2ccccc2F)CC1. The molecule has 2 amide bonds. The molecule has 1 fully saturated rings. The van der Waals surface area contributed by atoms with Crippen LogP contribution in [0.1, 0.15) is 48.0 Å². The van der Waals surface area contributed by atoms with Crippen LogP contribution in [-0.2, 0) is 14.3 Å². The fraction of sp³-hybridized carbons (Fsp3) is 0.455. The Hall–Kier alpha value is -2.81. The summed E-state index contributed by atoms with van der Waals surface area (Å²) in [5.74, 6) is -1.83. The molecule has 1 atom stereocenters. The zero-order valence-electron chi connectivity index (χ0n) is 17.8. The second-order valence-electron chi connectivity index (χ2n) is 7.46. The molecular weight excluding hydrogens is 421 g/mol. The number of hydrogen-bond acceptors (Lipinski definition) is 5. The molecule has 1 saturated heterocycles. The van der Waals surface area contributed by atoms with Crippen LogP contribution in [0.15, 0.2) is 35.5 Å². The summed E-state index contributed by atoms with van der Waals surface area (Å²) in [7, 11) is 0. The number of likely N-dealkylation sites (tertiary alicyclic amines) is 1. The largest absolute Gasteiger partial charge is 0.466 e. The molecule has 0 N–H and O–H groups in total. The number of carbonyl (C=O) groups excluding carboxylic acids is 3. The van der Waals surface area contributed by atoms with Crippen molar-refractivity contribution in [3.8, 4) is 0 Å². The third kappa shape index (κ3) is 5.28. The van der Waals surface area contributed by atoms with Crippen LogP contribution in [0.4, 0.5) is 4.39 Å². The van der Waals surface area contributed by atoms with E-state index in [2.05, 4.69) is 4.99 Å². The van der Waals surface area contributed by atoms with Gasteiger partial charge in [-0.2, -0.15) is 4.99 Å². The third-order valence-electron chi connectivity index (χ3n) is 5.30. The molecule has 1 aromatic heterocycles. The van der Waals surface area contributed by atoms with Crippen LogP contribution in [-0.4, -0.2) is 46.9 Å². The van der Waals surface area contributed by atoms with Crippen molar-refractivity contribution >= 4 is 29.1 Å². The molecule has 0 spiro atoms. The number of halogens is 1. The molecule has 1 aromatic carbocycles. The Bertz CT molecular complexity index is 1040. The fourth-order valence-corrected chi connectivity index (χ4v) is 4.49. The molecule has 0 aliphatic carbocycles. The normalized spacial score (nSPS) is 16.3. The van der Waals surface area contributed by atoms with E-state index in [9.17, 15) is 18.8 Å². The van der Waals surface area contributed by atoms with Gasteiger partial charge in [0.15, 0.2) is 4.80 Å². The van der Waals surface area contributed by atoms with E-state index in [0.29, 0.717) is 37.3 Å². The highest BCUT2D eigenvalue weighted by molar-refractivity contribution is 7.09. The summed E-state index contributed by atoms with van der Waals surface area (Å²) < 4.78 is 20.7. The average molecular weight is 448 g/mol. The van der Waals surface area contributed by atoms with Gasteiger partial charge in [-0.05, 0) is 45.7 Å². The predicted octanol–water partition coefficient (Wildman–Crippen LogP) is 3.10. The maximum atomic E-state index is 13.9. The minimum Gasteiger partial charge on any atom is -0.466 e. The van der Waals surface area contributed by atoms with Crippen molar-refractivity contribution in [3.63, 3.8) is 0 Å². The van der Waals surface area contributed by atoms with Crippen molar-refractivity contribution in [2.75, 3.05) is 19.7 Å². The van der Waals surface area contributed by atoms with Crippen LogP contribution in [0.25, 0.3) is 0 Å². The van der Waals surface area contributed by atoms with Gasteiger partial charge >= 0.3 is 5.97 Å². The fourth-order valence-electron chi connectivity index (χ4n) is 3.59. The van der Waals surface area contributed by atoms with Crippen molar-refractivity contribution in [1.82, 2.24) is 9.47 Å². The highest BCUT2D eigenvalue weighted by Crippen LogP contribution is 2.22. The van der Waals surface area contributed by atoms with Crippen molar-refractivity contribution in [2.45, 2.75) is 39.7 Å². The minimum absolute atomic E-state index is 0.111. The quantitative estimate of drug-likeness (QED) is 0.660. The zero-order chi connectivity index (χ0) is 22.5. The molecule has 3 rings (SSSR count). The number of aromatic nitrogens is 1. The first-order valence-corrected chi connectivity index (χ1v) is 11.1. The number of benzene rings is 1. The highest BCUT2D eigenvalue weighted by atomic mass is 32.1. The predicted molar refractivity (Wildman–Crippen MR) is 114 cm³/mol. The summed E-state index contributed by atoms with van der Waals surface area (Å²) in [6.45, 7) is 6.67. The van der Waals surface area contributed by atoms with Crippen LogP contribution in [0.2, 0.25) is 0 Å². The van der Waals surface area contributed by atoms with E-state index in [0.717, 1.165) is 4.88 Å². The number of piperidine rings is 1. The van der Waals surface area contributed by atoms with E-state index in [1.807, 2.05) is 6.92 Å². The summed E-state index contributed by atoms with van der Waals surface area (Å²) in [6.07, 6.45) is 2.90. The van der Waals surface area contributed by atoms with Crippen molar-refractivity contribution < 1.29 is 23.5 Å². The Morgan fingerprint density at radius 1 is 1.26 bits per heavy atom. The van der Waals surface area contributed by atoms with Gasteiger partial charge in [-0.1, -0.05) is 12.1 Å². The lowest BCUT2D eigenvalue weighted by Gasteiger charge is -2.32. The monoisotopic (exact) mass is 447 g/mol. The minimum atomic E-state index is -0.691. The lowest BCUT2D eigenvalue weighted by molar-refractivity contribution is -0.151. The number of esters is 1. The number of nitrogens with zero attached hydrogens (tertiary/aromatic N) is 3. The number of rotatable bonds is 5. The molecule has 0 bridgehead atoms. The molecule has 0 unspecified atom stereocenters. The van der Waals surface area contributed by atoms with Crippen molar-refractivity contribution in [1.29, 1.82) is 0 Å². The summed E-state index contributed by atoms with van der Waals surface area (Å²) in [6, 6.07) is 5.09. The second-order valence-corrected chi connectivity index (χ2v) is 8.67. The van der Waals surface area contributed by atoms with Gasteiger partial charge in [0, 0.05) is 24.2 Å². The van der Waals surface area contributed by atoms with E-state index in [1.54, 1.807) is 35.6 Å². The maximum absolute atomic E-state index is 13.9. The molecule has 31 heavy (non-hydrogen) atoms. The number of hydrogen-bond donors (Lipinski definition) is 0. The molecule has 2 aromatic rings. The summed E-state index contributed by atoms with van der Waals surface area (Å²) in [4.78, 5) is 44.5. The van der Waals surface area contributed by atoms with Crippen molar-refractivity contribution in [2.24, 2.45) is 10.9 Å². The molecular formula is C22H26FN3O4S. The molecule has 0 saturated carbocycles. The smallest absolute Gasteiger partial charge is 0.309 e. The molecule has 9 heteroatoms. The molecule has 7 nitrogen and oxygen atoms in total. The number of ether oxygens (including phenoxy) is 1. The lowest BCUT2D eigenvalue weighted by Crippen LogP contribution is -2.44. The Kier molecular flexibility index (Phi) is 7.37. The standard InChI is InChI=1S/C22H26FN3O4S/c1-4-30-21(29)16-9-11-25(12-10-16)20(28)15(3)26-13-14(2)31-22(26)24-19(27)17-7-5-6-8-18(17)23/h5-8,13,15-16H,4,9-12H2,1-3H3/t15-/m1/s1. The summed E-state index contributed by atoms with van der Waals surface area (Å²) >= 11 is 1.27. The van der Waals surface area contributed by atoms with E-state index in [4.69, 9.17) is 4.74 Å². The van der Waals surface area contributed by atoms with E-state index < -0.39 is 17.8 Å². The topological polar surface area (TPSA) is 81.0 Å². The van der Waals surface area contributed by atoms with Gasteiger partial charge in [-0.25, -0.2) is 4.39 Å². The van der Waals surface area contributed by atoms with Crippen LogP contribution in [0, 0.1) is 18.7 Å². The van der Waals surface area contributed by atoms with Gasteiger partial charge < -0.3 is 14.2 Å². The highest BCUT2D eigenvalue weighted by Gasteiger charge is 2.31. The second kappa shape index (κ2) is 10.00. The third-order valence-corrected chi connectivity index (χ3v) is 6.21. The van der Waals surface area contributed by atoms with E-state index in [-0.39, 0.29) is 23.4 Å². The number of carbonyl (C=O) groups is 3. The van der Waals surface area contributed by atoms with Gasteiger partial charge in [0.2, 0.25) is 5.91 Å². The van der Waals surface area contributed by atoms with Gasteiger partial charge in [-0.15, -0.1) is 11.3 Å². The first-order valence-electron chi connectivity index (χ1n) is 10.3. The summed E-state index contributed by atoms with van der Waals surface area (Å²) in [5, 5.41) is 0. The van der Waals surface area contributed by atoms with Crippen LogP contribution < -0.4 is 4.80 Å². The molecule has 0 radical (unpaired) electrons. The molecule has 2 heterocycles. The number of amides is 2. The Morgan fingerprint density at radius 3 is 2.58 bits per heavy atom. The Balaban J connectivity index is 1.76. The van der Waals surface area contributed by atoms with Crippen LogP contribution >= 0.6 is 11.3 Å². The molecule has 1 aliphatic heterocycles. The lowest BCUT2D eigenvalue weighted by atomic mass is 9.96. The van der Waals surface area contributed by atoms with Gasteiger partial charge in [0.25, 0.3) is 5.91 Å². The Morgan fingerprint density at radius 2 is 1.94 bits per heavy atom. The molecule has 1 aliphatic rings. The first kappa shape index (κ1) is 22.9. The summed E-state index contributed by atoms with van der Waals surface area (Å²) in [5.41, 5.74) is -0.111. The van der Waals surface area contributed by atoms with Crippen molar-refractivity contribution in [3.05, 3.63) is 51.5 Å². The maximum Gasteiger partial charge on any atom is 0.309 e. The van der Waals surface area contributed by atoms with E-state index >= 15 is 0 Å². The zero-order valence-corrected chi connectivity index (χ0v) is 18.7. The van der Waals surface area contributed by atoms with E-state index in [1.165, 1.54) is 29.5 Å².